The Balaban J connectivity index is 1.54. The second-order valence-electron chi connectivity index (χ2n) is 7.64. The van der Waals surface area contributed by atoms with Crippen LogP contribution in [0.3, 0.4) is 0 Å². The first-order valence-electron chi connectivity index (χ1n) is 9.69. The van der Waals surface area contributed by atoms with Crippen molar-refractivity contribution in [2.75, 3.05) is 18.4 Å². The number of nitrogens with one attached hydrogen (secondary N) is 1. The number of pyridine rings is 1. The van der Waals surface area contributed by atoms with Crippen molar-refractivity contribution in [3.05, 3.63) is 47.0 Å². The number of hydrogen-bond acceptors (Lipinski definition) is 4. The van der Waals surface area contributed by atoms with Crippen LogP contribution in [0, 0.1) is 12.8 Å². The first-order chi connectivity index (χ1) is 14.7. The summed E-state index contributed by atoms with van der Waals surface area (Å²) in [6.45, 7) is 2.36. The zero-order chi connectivity index (χ0) is 22.2. The summed E-state index contributed by atoms with van der Waals surface area (Å²) in [5.74, 6) is -0.554. The lowest BCUT2D eigenvalue weighted by molar-refractivity contribution is -0.143. The van der Waals surface area contributed by atoms with E-state index in [0.29, 0.717) is 28.9 Å². The fourth-order valence-electron chi connectivity index (χ4n) is 3.79. The number of carbonyl (C=O) groups is 1. The molecule has 1 aliphatic rings. The number of likely N-dealkylation sites (tertiary alicyclic amines) is 1. The van der Waals surface area contributed by atoms with Crippen molar-refractivity contribution < 1.29 is 18.0 Å². The molecule has 3 aromatic rings. The van der Waals surface area contributed by atoms with E-state index < -0.39 is 24.5 Å². The number of amides is 2. The zero-order valence-corrected chi connectivity index (χ0v) is 18.2. The Morgan fingerprint density at radius 3 is 2.87 bits per heavy atom. The van der Waals surface area contributed by atoms with Gasteiger partial charge in [-0.25, -0.2) is 19.7 Å². The van der Waals surface area contributed by atoms with E-state index in [1.807, 2.05) is 25.1 Å². The summed E-state index contributed by atoms with van der Waals surface area (Å²) in [4.78, 5) is 26.7. The normalized spacial score (nSPS) is 16.7. The monoisotopic (exact) mass is 493 g/mol. The molecule has 1 aliphatic heterocycles. The molecule has 1 aromatic carbocycles. The van der Waals surface area contributed by atoms with Crippen LogP contribution >= 0.6 is 15.9 Å². The molecule has 2 amide bonds. The molecule has 1 atom stereocenters. The van der Waals surface area contributed by atoms with Gasteiger partial charge in [0.15, 0.2) is 5.65 Å². The topological polar surface area (TPSA) is 71.0 Å². The van der Waals surface area contributed by atoms with Gasteiger partial charge in [0.05, 0.1) is 0 Å². The maximum absolute atomic E-state index is 12.6. The number of benzene rings is 1. The number of carbonyl (C=O) groups excluding carboxylic acids is 1. The number of hydrogen-bond donors (Lipinski definition) is 1. The number of rotatable bonds is 3. The molecule has 1 saturated heterocycles. The first kappa shape index (κ1) is 21.5. The molecular formula is C21H19BrF3N5O. The van der Waals surface area contributed by atoms with E-state index in [9.17, 15) is 18.0 Å². The Morgan fingerprint density at radius 2 is 2.10 bits per heavy atom. The van der Waals surface area contributed by atoms with Gasteiger partial charge in [0.2, 0.25) is 0 Å². The molecule has 1 N–H and O–H groups in total. The Labute approximate surface area is 185 Å². The van der Waals surface area contributed by atoms with Crippen molar-refractivity contribution >= 4 is 38.7 Å². The number of fused-ring (bicyclic) bond motifs is 1. The number of anilines is 1. The Hall–Kier alpha value is -2.75. The van der Waals surface area contributed by atoms with Gasteiger partial charge in [0, 0.05) is 42.3 Å². The van der Waals surface area contributed by atoms with Crippen LogP contribution in [0.2, 0.25) is 0 Å². The molecule has 3 heterocycles. The van der Waals surface area contributed by atoms with Crippen molar-refractivity contribution in [3.63, 3.8) is 0 Å². The molecule has 0 bridgehead atoms. The molecule has 10 heteroatoms. The van der Waals surface area contributed by atoms with Crippen LogP contribution in [0.5, 0.6) is 0 Å². The molecule has 162 valence electrons. The van der Waals surface area contributed by atoms with Gasteiger partial charge in [-0.1, -0.05) is 6.07 Å². The maximum Gasteiger partial charge on any atom is 0.389 e. The summed E-state index contributed by atoms with van der Waals surface area (Å²) in [7, 11) is 0. The van der Waals surface area contributed by atoms with Gasteiger partial charge < -0.3 is 10.2 Å². The third kappa shape index (κ3) is 4.95. The zero-order valence-electron chi connectivity index (χ0n) is 16.6. The van der Waals surface area contributed by atoms with E-state index in [-0.39, 0.29) is 6.54 Å². The highest BCUT2D eigenvalue weighted by atomic mass is 79.9. The average Bonchev–Trinajstić information content (AvgIpc) is 3.16. The Bertz CT molecular complexity index is 1140. The van der Waals surface area contributed by atoms with Crippen molar-refractivity contribution in [2.24, 2.45) is 5.92 Å². The Kier molecular flexibility index (Phi) is 5.83. The van der Waals surface area contributed by atoms with E-state index in [4.69, 9.17) is 0 Å². The van der Waals surface area contributed by atoms with Crippen molar-refractivity contribution in [1.82, 2.24) is 19.9 Å². The number of alkyl halides is 3. The van der Waals surface area contributed by atoms with Crippen molar-refractivity contribution in [1.29, 1.82) is 0 Å². The highest BCUT2D eigenvalue weighted by molar-refractivity contribution is 9.10. The number of aryl methyl sites for hydroxylation is 1. The summed E-state index contributed by atoms with van der Waals surface area (Å²) < 4.78 is 38.5. The molecular weight excluding hydrogens is 475 g/mol. The summed E-state index contributed by atoms with van der Waals surface area (Å²) in [5.41, 5.74) is 3.78. The van der Waals surface area contributed by atoms with Gasteiger partial charge in [-0.3, -0.25) is 0 Å². The average molecular weight is 494 g/mol. The van der Waals surface area contributed by atoms with Crippen LogP contribution in [0.1, 0.15) is 18.4 Å². The lowest BCUT2D eigenvalue weighted by Gasteiger charge is -2.19. The minimum absolute atomic E-state index is 0.101. The van der Waals surface area contributed by atoms with Crippen LogP contribution in [-0.2, 0) is 0 Å². The Morgan fingerprint density at radius 1 is 1.29 bits per heavy atom. The molecule has 0 radical (unpaired) electrons. The molecule has 0 spiro atoms. The van der Waals surface area contributed by atoms with E-state index in [1.165, 1.54) is 11.2 Å². The van der Waals surface area contributed by atoms with Crippen LogP contribution in [0.4, 0.5) is 23.7 Å². The van der Waals surface area contributed by atoms with Crippen LogP contribution in [0.25, 0.3) is 22.2 Å². The summed E-state index contributed by atoms with van der Waals surface area (Å²) in [5, 5.41) is 3.59. The molecule has 31 heavy (non-hydrogen) atoms. The smallest absolute Gasteiger partial charge is 0.324 e. The SMILES string of the molecule is Cc1ccc(NC(=O)N2CC[C@@H](CC(F)(F)F)C2)cc1-c1cc2cncnc2nc1Br. The van der Waals surface area contributed by atoms with Gasteiger partial charge in [-0.05, 0) is 64.5 Å². The standard InChI is InChI=1S/C21H19BrF3N5O/c1-12-2-3-15(28-20(31)30-5-4-13(10-30)8-21(23,24)25)7-16(12)17-6-14-9-26-11-27-19(14)29-18(17)22/h2-3,6-7,9,11,13H,4-5,8,10H2,1H3,(H,28,31)/t13-/m0/s1. The number of halogens is 4. The fraction of sp³-hybridized carbons (Fsp3) is 0.333. The summed E-state index contributed by atoms with van der Waals surface area (Å²) >= 11 is 3.49. The number of urea groups is 1. The predicted octanol–water partition coefficient (Wildman–Crippen LogP) is 5.57. The molecule has 6 nitrogen and oxygen atoms in total. The molecule has 0 aliphatic carbocycles. The predicted molar refractivity (Wildman–Crippen MR) is 115 cm³/mol. The highest BCUT2D eigenvalue weighted by Crippen LogP contribution is 2.34. The molecule has 1 fully saturated rings. The summed E-state index contributed by atoms with van der Waals surface area (Å²) in [6.07, 6.45) is -1.62. The van der Waals surface area contributed by atoms with Gasteiger partial charge in [-0.2, -0.15) is 13.2 Å². The van der Waals surface area contributed by atoms with E-state index in [2.05, 4.69) is 36.2 Å². The summed E-state index contributed by atoms with van der Waals surface area (Å²) in [6, 6.07) is 6.99. The van der Waals surface area contributed by atoms with Crippen LogP contribution in [-0.4, -0.2) is 45.1 Å². The maximum atomic E-state index is 12.6. The number of aromatic nitrogens is 3. The minimum atomic E-state index is -4.21. The van der Waals surface area contributed by atoms with Gasteiger partial charge in [0.1, 0.15) is 10.9 Å². The first-order valence-corrected chi connectivity index (χ1v) is 10.5. The second-order valence-corrected chi connectivity index (χ2v) is 8.39. The van der Waals surface area contributed by atoms with Crippen LogP contribution in [0.15, 0.2) is 41.4 Å². The quantitative estimate of drug-likeness (QED) is 0.484. The van der Waals surface area contributed by atoms with Crippen molar-refractivity contribution in [2.45, 2.75) is 25.9 Å². The van der Waals surface area contributed by atoms with Gasteiger partial charge in [0.25, 0.3) is 0 Å². The molecule has 2 aromatic heterocycles. The lowest BCUT2D eigenvalue weighted by atomic mass is 10.0. The van der Waals surface area contributed by atoms with Gasteiger partial charge >= 0.3 is 12.2 Å². The third-order valence-corrected chi connectivity index (χ3v) is 5.92. The third-order valence-electron chi connectivity index (χ3n) is 5.32. The highest BCUT2D eigenvalue weighted by Gasteiger charge is 2.36. The molecule has 0 unspecified atom stereocenters. The minimum Gasteiger partial charge on any atom is -0.324 e. The molecule has 0 saturated carbocycles. The van der Waals surface area contributed by atoms with Crippen LogP contribution < -0.4 is 5.32 Å². The van der Waals surface area contributed by atoms with Crippen molar-refractivity contribution in [3.8, 4) is 11.1 Å². The lowest BCUT2D eigenvalue weighted by Crippen LogP contribution is -2.33. The van der Waals surface area contributed by atoms with E-state index >= 15 is 0 Å². The second kappa shape index (κ2) is 8.41. The fourth-order valence-corrected chi connectivity index (χ4v) is 4.29. The van der Waals surface area contributed by atoms with Gasteiger partial charge in [-0.15, -0.1) is 0 Å². The number of nitrogens with zero attached hydrogens (tertiary/aromatic N) is 4. The van der Waals surface area contributed by atoms with E-state index in [1.54, 1.807) is 12.3 Å². The molecule has 4 rings (SSSR count). The largest absolute Gasteiger partial charge is 0.389 e. The van der Waals surface area contributed by atoms with E-state index in [0.717, 1.165) is 22.1 Å².